The van der Waals surface area contributed by atoms with E-state index in [1.54, 1.807) is 0 Å². The minimum Gasteiger partial charge on any atom is -0.273 e. The Morgan fingerprint density at radius 2 is 1.36 bits per heavy atom. The minimum absolute atomic E-state index is 0.124. The van der Waals surface area contributed by atoms with Gasteiger partial charge in [0.25, 0.3) is 5.91 Å². The van der Waals surface area contributed by atoms with Crippen LogP contribution < -0.4 is 10.9 Å². The predicted octanol–water partition coefficient (Wildman–Crippen LogP) is 8.16. The lowest BCUT2D eigenvalue weighted by molar-refractivity contribution is -0.122. The molecule has 0 aliphatic heterocycles. The maximum Gasteiger partial charge on any atom is 0.288 e. The summed E-state index contributed by atoms with van der Waals surface area (Å²) in [5.74, 6) is 2.04. The van der Waals surface area contributed by atoms with Gasteiger partial charge in [-0.25, -0.2) is 4.98 Å². The van der Waals surface area contributed by atoms with E-state index in [-0.39, 0.29) is 17.2 Å². The van der Waals surface area contributed by atoms with Crippen molar-refractivity contribution < 1.29 is 9.59 Å². The first-order chi connectivity index (χ1) is 19.1. The van der Waals surface area contributed by atoms with Crippen molar-refractivity contribution in [2.75, 3.05) is 0 Å². The fraction of sp³-hybridized carbons (Fsp3) is 0.676. The van der Waals surface area contributed by atoms with Crippen LogP contribution in [0.2, 0.25) is 0 Å². The smallest absolute Gasteiger partial charge is 0.273 e. The number of hydrazine groups is 1. The number of rotatable bonds is 14. The highest BCUT2D eigenvalue weighted by Gasteiger charge is 2.52. The van der Waals surface area contributed by atoms with E-state index in [0.29, 0.717) is 12.1 Å². The topological polar surface area (TPSA) is 71.1 Å². The van der Waals surface area contributed by atoms with E-state index >= 15 is 0 Å². The van der Waals surface area contributed by atoms with Gasteiger partial charge in [0, 0.05) is 11.8 Å². The molecule has 0 radical (unpaired) electrons. The largest absolute Gasteiger partial charge is 0.288 e. The molecule has 1 aromatic carbocycles. The van der Waals surface area contributed by atoms with Gasteiger partial charge >= 0.3 is 0 Å². The van der Waals surface area contributed by atoms with Gasteiger partial charge in [-0.2, -0.15) is 0 Å². The normalized spacial score (nSPS) is 25.2. The van der Waals surface area contributed by atoms with Gasteiger partial charge in [-0.15, -0.1) is 0 Å². The molecule has 5 heteroatoms. The second kappa shape index (κ2) is 13.3. The molecule has 2 N–H and O–H groups in total. The predicted molar refractivity (Wildman–Crippen MR) is 158 cm³/mol. The molecule has 0 saturated heterocycles. The third-order valence-corrected chi connectivity index (χ3v) is 9.88. The SMILES string of the molecule is CCCCCCCCCCCCCC(=O)NNC(=O)c1cc(C23CC4CC(CC(C4)C2)C3)c2ccccc2n1. The van der Waals surface area contributed by atoms with Crippen molar-refractivity contribution in [2.24, 2.45) is 17.8 Å². The maximum atomic E-state index is 13.1. The Balaban J connectivity index is 1.10. The molecule has 2 amide bonds. The molecule has 6 rings (SSSR count). The molecule has 1 aromatic heterocycles. The zero-order valence-corrected chi connectivity index (χ0v) is 24.1. The summed E-state index contributed by atoms with van der Waals surface area (Å²) in [6.07, 6.45) is 22.1. The van der Waals surface area contributed by atoms with Gasteiger partial charge < -0.3 is 0 Å². The Morgan fingerprint density at radius 1 is 0.795 bits per heavy atom. The molecule has 5 nitrogen and oxygen atoms in total. The van der Waals surface area contributed by atoms with Gasteiger partial charge in [-0.1, -0.05) is 89.3 Å². The van der Waals surface area contributed by atoms with E-state index in [0.717, 1.165) is 36.1 Å². The van der Waals surface area contributed by atoms with Crippen molar-refractivity contribution in [2.45, 2.75) is 128 Å². The second-order valence-electron chi connectivity index (χ2n) is 13.1. The van der Waals surface area contributed by atoms with Gasteiger partial charge in [0.1, 0.15) is 5.69 Å². The standard InChI is InChI=1S/C34H49N3O2/c1-2-3-4-5-6-7-8-9-10-11-12-17-32(38)36-37-33(39)31-21-29(28-15-13-14-16-30(28)35-31)34-22-25-18-26(23-34)20-27(19-25)24-34/h13-16,21,25-27H,2-12,17-20,22-24H2,1H3,(H,36,38)(H,37,39). The Hall–Kier alpha value is -2.43. The molecule has 0 atom stereocenters. The van der Waals surface area contributed by atoms with Gasteiger partial charge in [0.15, 0.2) is 0 Å². The Bertz CT molecular complexity index is 1090. The van der Waals surface area contributed by atoms with Crippen LogP contribution in [0.3, 0.4) is 0 Å². The van der Waals surface area contributed by atoms with Gasteiger partial charge in [-0.05, 0) is 85.8 Å². The average molecular weight is 532 g/mol. The summed E-state index contributed by atoms with van der Waals surface area (Å²) >= 11 is 0. The van der Waals surface area contributed by atoms with Crippen molar-refractivity contribution in [1.29, 1.82) is 0 Å². The van der Waals surface area contributed by atoms with E-state index in [1.165, 1.54) is 107 Å². The van der Waals surface area contributed by atoms with Crippen molar-refractivity contribution in [3.05, 3.63) is 41.6 Å². The van der Waals surface area contributed by atoms with Crippen LogP contribution in [0.4, 0.5) is 0 Å². The lowest BCUT2D eigenvalue weighted by Gasteiger charge is -2.57. The summed E-state index contributed by atoms with van der Waals surface area (Å²) in [5.41, 5.74) is 8.06. The number of aromatic nitrogens is 1. The molecule has 4 fully saturated rings. The first-order valence-electron chi connectivity index (χ1n) is 16.1. The third kappa shape index (κ3) is 7.02. The lowest BCUT2D eigenvalue weighted by Crippen LogP contribution is -2.48. The van der Waals surface area contributed by atoms with Crippen LogP contribution in [0.15, 0.2) is 30.3 Å². The highest BCUT2D eigenvalue weighted by molar-refractivity contribution is 5.97. The number of hydrogen-bond donors (Lipinski definition) is 2. The highest BCUT2D eigenvalue weighted by Crippen LogP contribution is 2.61. The summed E-state index contributed by atoms with van der Waals surface area (Å²) in [6.45, 7) is 2.26. The van der Waals surface area contributed by atoms with Crippen LogP contribution in [0.1, 0.15) is 139 Å². The summed E-state index contributed by atoms with van der Waals surface area (Å²) in [7, 11) is 0. The number of pyridine rings is 1. The fourth-order valence-electron chi connectivity index (χ4n) is 8.37. The molecule has 0 unspecified atom stereocenters. The van der Waals surface area contributed by atoms with E-state index in [2.05, 4.69) is 29.9 Å². The van der Waals surface area contributed by atoms with Crippen molar-refractivity contribution in [1.82, 2.24) is 15.8 Å². The molecule has 4 aliphatic carbocycles. The van der Waals surface area contributed by atoms with Crippen LogP contribution in [0, 0.1) is 17.8 Å². The number of nitrogens with zero attached hydrogens (tertiary/aromatic N) is 1. The number of hydrogen-bond acceptors (Lipinski definition) is 3. The van der Waals surface area contributed by atoms with E-state index in [1.807, 2.05) is 18.2 Å². The zero-order valence-electron chi connectivity index (χ0n) is 24.1. The first kappa shape index (κ1) is 28.1. The van der Waals surface area contributed by atoms with Crippen LogP contribution >= 0.6 is 0 Å². The molecule has 1 heterocycles. The Labute approximate surface area is 235 Å². The number of fused-ring (bicyclic) bond motifs is 1. The molecule has 0 spiro atoms. The van der Waals surface area contributed by atoms with Crippen molar-refractivity contribution >= 4 is 22.7 Å². The minimum atomic E-state index is -0.320. The van der Waals surface area contributed by atoms with Crippen molar-refractivity contribution in [3.8, 4) is 0 Å². The molecule has 4 bridgehead atoms. The quantitative estimate of drug-likeness (QED) is 0.191. The molecule has 4 aliphatic rings. The number of para-hydroxylation sites is 1. The van der Waals surface area contributed by atoms with Gasteiger partial charge in [-0.3, -0.25) is 20.4 Å². The maximum absolute atomic E-state index is 13.1. The number of nitrogens with one attached hydrogen (secondary N) is 2. The number of benzene rings is 1. The van der Waals surface area contributed by atoms with Crippen molar-refractivity contribution in [3.63, 3.8) is 0 Å². The average Bonchev–Trinajstić information content (AvgIpc) is 2.93. The van der Waals surface area contributed by atoms with Crippen LogP contribution in [-0.2, 0) is 10.2 Å². The Morgan fingerprint density at radius 3 is 1.97 bits per heavy atom. The molecule has 4 saturated carbocycles. The molecule has 39 heavy (non-hydrogen) atoms. The van der Waals surface area contributed by atoms with E-state index in [9.17, 15) is 9.59 Å². The number of amides is 2. The van der Waals surface area contributed by atoms with Crippen LogP contribution in [0.25, 0.3) is 10.9 Å². The molecule has 212 valence electrons. The first-order valence-corrected chi connectivity index (χ1v) is 16.1. The molecular weight excluding hydrogens is 482 g/mol. The number of carbonyl (C=O) groups is 2. The number of carbonyl (C=O) groups excluding carboxylic acids is 2. The molecular formula is C34H49N3O2. The summed E-state index contributed by atoms with van der Waals surface area (Å²) in [4.78, 5) is 30.3. The second-order valence-corrected chi connectivity index (χ2v) is 13.1. The Kier molecular flexibility index (Phi) is 9.57. The van der Waals surface area contributed by atoms with Crippen LogP contribution in [0.5, 0.6) is 0 Å². The summed E-state index contributed by atoms with van der Waals surface area (Å²) in [5, 5.41) is 1.19. The summed E-state index contributed by atoms with van der Waals surface area (Å²) < 4.78 is 0. The molecule has 2 aromatic rings. The summed E-state index contributed by atoms with van der Waals surface area (Å²) in [6, 6.07) is 10.3. The zero-order chi connectivity index (χ0) is 27.1. The van der Waals surface area contributed by atoms with Gasteiger partial charge in [0.05, 0.1) is 5.52 Å². The number of unbranched alkanes of at least 4 members (excludes halogenated alkanes) is 10. The van der Waals surface area contributed by atoms with E-state index in [4.69, 9.17) is 4.98 Å². The van der Waals surface area contributed by atoms with Gasteiger partial charge in [0.2, 0.25) is 5.91 Å². The van der Waals surface area contributed by atoms with E-state index < -0.39 is 0 Å². The third-order valence-electron chi connectivity index (χ3n) is 9.88. The monoisotopic (exact) mass is 531 g/mol. The van der Waals surface area contributed by atoms with Crippen LogP contribution in [-0.4, -0.2) is 16.8 Å². The lowest BCUT2D eigenvalue weighted by atomic mass is 9.48. The fourth-order valence-corrected chi connectivity index (χ4v) is 8.37. The highest BCUT2D eigenvalue weighted by atomic mass is 16.2.